The fourth-order valence-electron chi connectivity index (χ4n) is 4.75. The van der Waals surface area contributed by atoms with Crippen LogP contribution in [0.4, 0.5) is 23.7 Å². The van der Waals surface area contributed by atoms with Gasteiger partial charge in [0, 0.05) is 18.3 Å². The van der Waals surface area contributed by atoms with Gasteiger partial charge in [0.05, 0.1) is 35.0 Å². The predicted octanol–water partition coefficient (Wildman–Crippen LogP) is 3.57. The number of amides is 3. The lowest BCUT2D eigenvalue weighted by Crippen LogP contribution is -2.44. The molecule has 0 spiro atoms. The maximum Gasteiger partial charge on any atom is 0.417 e. The van der Waals surface area contributed by atoms with Crippen molar-refractivity contribution in [2.45, 2.75) is 44.0 Å². The van der Waals surface area contributed by atoms with Gasteiger partial charge < -0.3 is 14.6 Å². The van der Waals surface area contributed by atoms with E-state index >= 15 is 0 Å². The van der Waals surface area contributed by atoms with Crippen LogP contribution < -0.4 is 14.4 Å². The van der Waals surface area contributed by atoms with Gasteiger partial charge in [-0.25, -0.2) is 14.8 Å². The van der Waals surface area contributed by atoms with E-state index in [0.29, 0.717) is 54.4 Å². The number of halogens is 3. The maximum atomic E-state index is 13.1. The van der Waals surface area contributed by atoms with Gasteiger partial charge in [-0.05, 0) is 43.9 Å². The summed E-state index contributed by atoms with van der Waals surface area (Å²) in [4.78, 5) is 40.0. The smallest absolute Gasteiger partial charge is 0.417 e. The molecule has 5 rings (SSSR count). The van der Waals surface area contributed by atoms with Crippen molar-refractivity contribution in [2.75, 3.05) is 24.7 Å². The van der Waals surface area contributed by atoms with E-state index in [1.807, 2.05) is 0 Å². The van der Waals surface area contributed by atoms with Gasteiger partial charge in [0.25, 0.3) is 5.91 Å². The van der Waals surface area contributed by atoms with E-state index in [-0.39, 0.29) is 37.6 Å². The number of hydrogen-bond acceptors (Lipinski definition) is 8. The van der Waals surface area contributed by atoms with Crippen LogP contribution in [0, 0.1) is 0 Å². The topological polar surface area (TPSA) is 118 Å². The molecule has 0 atom stereocenters. The Hall–Kier alpha value is -4.00. The molecule has 2 fully saturated rings. The first-order valence-electron chi connectivity index (χ1n) is 12.1. The Balaban J connectivity index is 1.23. The summed E-state index contributed by atoms with van der Waals surface area (Å²) in [6.07, 6.45) is 0.463. The molecule has 3 amide bonds. The highest BCUT2D eigenvalue weighted by atomic mass is 19.4. The van der Waals surface area contributed by atoms with Crippen molar-refractivity contribution >= 4 is 28.5 Å². The summed E-state index contributed by atoms with van der Waals surface area (Å²) >= 11 is 0. The Labute approximate surface area is 215 Å². The highest BCUT2D eigenvalue weighted by Crippen LogP contribution is 2.34. The third kappa shape index (κ3) is 5.19. The van der Waals surface area contributed by atoms with Crippen molar-refractivity contribution < 1.29 is 37.3 Å². The van der Waals surface area contributed by atoms with Crippen LogP contribution in [0.25, 0.3) is 10.9 Å². The fourth-order valence-corrected chi connectivity index (χ4v) is 4.75. The number of fused-ring (bicyclic) bond motifs is 1. The van der Waals surface area contributed by atoms with Crippen LogP contribution in [-0.4, -0.2) is 68.8 Å². The molecular weight excluding hydrogens is 507 g/mol. The quantitative estimate of drug-likeness (QED) is 0.460. The number of imide groups is 1. The summed E-state index contributed by atoms with van der Waals surface area (Å²) in [5, 5.41) is 9.63. The second kappa shape index (κ2) is 10.4. The van der Waals surface area contributed by atoms with Crippen molar-refractivity contribution in [3.05, 3.63) is 48.5 Å². The predicted molar refractivity (Wildman–Crippen MR) is 128 cm³/mol. The average molecular weight is 531 g/mol. The van der Waals surface area contributed by atoms with Crippen LogP contribution >= 0.6 is 0 Å². The van der Waals surface area contributed by atoms with Crippen molar-refractivity contribution in [2.24, 2.45) is 0 Å². The molecule has 1 saturated carbocycles. The van der Waals surface area contributed by atoms with Gasteiger partial charge in [0.15, 0.2) is 0 Å². The van der Waals surface area contributed by atoms with Crippen LogP contribution in [0.5, 0.6) is 11.6 Å². The first kappa shape index (κ1) is 25.6. The lowest BCUT2D eigenvalue weighted by atomic mass is 9.92. The van der Waals surface area contributed by atoms with Crippen LogP contribution in [0.15, 0.2) is 43.0 Å². The minimum Gasteiger partial charge on any atom is -0.491 e. The third-order valence-electron chi connectivity index (χ3n) is 6.58. The van der Waals surface area contributed by atoms with Gasteiger partial charge in [0.2, 0.25) is 5.88 Å². The molecule has 1 aliphatic heterocycles. The molecule has 0 bridgehead atoms. The van der Waals surface area contributed by atoms with Gasteiger partial charge in [-0.3, -0.25) is 19.6 Å². The number of alkyl halides is 3. The molecule has 13 heteroatoms. The van der Waals surface area contributed by atoms with Crippen LogP contribution in [0.3, 0.4) is 0 Å². The van der Waals surface area contributed by atoms with Gasteiger partial charge >= 0.3 is 12.2 Å². The van der Waals surface area contributed by atoms with Crippen LogP contribution in [-0.2, 0) is 11.0 Å². The maximum absolute atomic E-state index is 13.1. The van der Waals surface area contributed by atoms with E-state index in [9.17, 15) is 22.8 Å². The summed E-state index contributed by atoms with van der Waals surface area (Å²) in [6.45, 7) is -0.275. The van der Waals surface area contributed by atoms with Crippen molar-refractivity contribution in [3.63, 3.8) is 0 Å². The Bertz CT molecular complexity index is 1350. The average Bonchev–Trinajstić information content (AvgIpc) is 3.21. The number of aliphatic hydroxyl groups is 1. The van der Waals surface area contributed by atoms with Crippen LogP contribution in [0.2, 0.25) is 0 Å². The lowest BCUT2D eigenvalue weighted by Gasteiger charge is -2.33. The monoisotopic (exact) mass is 531 g/mol. The minimum absolute atomic E-state index is 0.0711. The highest BCUT2D eigenvalue weighted by molar-refractivity contribution is 6.12. The zero-order valence-corrected chi connectivity index (χ0v) is 20.1. The number of benzene rings is 1. The zero-order valence-electron chi connectivity index (χ0n) is 20.1. The van der Waals surface area contributed by atoms with Crippen molar-refractivity contribution in [1.82, 2.24) is 19.9 Å². The molecule has 1 N–H and O–H groups in total. The molecular formula is C25H24F3N5O5. The summed E-state index contributed by atoms with van der Waals surface area (Å²) in [7, 11) is 0. The number of urea groups is 1. The van der Waals surface area contributed by atoms with Gasteiger partial charge in [-0.15, -0.1) is 0 Å². The number of carbonyl (C=O) groups excluding carboxylic acids is 2. The standard InChI is InChI=1S/C25H24F3N5O5/c26-25(27,28)15-9-17(12-29-11-15)32-13-22(35)33(24(32)36)16-1-3-18(4-2-16)38-23-20-6-5-19(37-8-7-34)10-21(20)30-14-31-23/h5-6,9-12,14,16,18,34H,1-4,7-8,13H2. The van der Waals surface area contributed by atoms with E-state index < -0.39 is 23.7 Å². The summed E-state index contributed by atoms with van der Waals surface area (Å²) in [6, 6.07) is 5.03. The number of rotatable bonds is 7. The highest BCUT2D eigenvalue weighted by Gasteiger charge is 2.43. The third-order valence-corrected chi connectivity index (χ3v) is 6.58. The Morgan fingerprint density at radius 1 is 1.05 bits per heavy atom. The number of aliphatic hydroxyl groups excluding tert-OH is 1. The molecule has 3 heterocycles. The number of carbonyl (C=O) groups is 2. The van der Waals surface area contributed by atoms with E-state index in [4.69, 9.17) is 14.6 Å². The Morgan fingerprint density at radius 2 is 1.84 bits per heavy atom. The van der Waals surface area contributed by atoms with Crippen LogP contribution in [0.1, 0.15) is 31.2 Å². The van der Waals surface area contributed by atoms with Gasteiger partial charge in [-0.2, -0.15) is 13.2 Å². The Morgan fingerprint density at radius 3 is 2.58 bits per heavy atom. The Kier molecular flexibility index (Phi) is 7.02. The van der Waals surface area contributed by atoms with E-state index in [1.165, 1.54) is 6.33 Å². The zero-order chi connectivity index (χ0) is 26.9. The largest absolute Gasteiger partial charge is 0.491 e. The van der Waals surface area contributed by atoms with Gasteiger partial charge in [0.1, 0.15) is 31.3 Å². The number of ether oxygens (including phenoxy) is 2. The summed E-state index contributed by atoms with van der Waals surface area (Å²) in [5.74, 6) is 0.508. The SMILES string of the molecule is O=C1CN(c2cncc(C(F)(F)F)c2)C(=O)N1C1CCC(Oc2ncnc3cc(OCCO)ccc23)CC1. The minimum atomic E-state index is -4.61. The van der Waals surface area contributed by atoms with E-state index in [0.717, 1.165) is 22.1 Å². The molecule has 0 unspecified atom stereocenters. The van der Waals surface area contributed by atoms with Crippen molar-refractivity contribution in [3.8, 4) is 11.6 Å². The summed E-state index contributed by atoms with van der Waals surface area (Å²) < 4.78 is 50.8. The number of aromatic nitrogens is 3. The second-order valence-electron chi connectivity index (χ2n) is 9.04. The molecule has 1 saturated heterocycles. The lowest BCUT2D eigenvalue weighted by molar-refractivity contribution is -0.137. The number of anilines is 1. The first-order chi connectivity index (χ1) is 18.2. The normalized spacial score (nSPS) is 20.3. The number of nitrogens with zero attached hydrogens (tertiary/aromatic N) is 5. The molecule has 3 aromatic rings. The van der Waals surface area contributed by atoms with E-state index in [2.05, 4.69) is 15.0 Å². The number of pyridine rings is 1. The number of hydrogen-bond donors (Lipinski definition) is 1. The molecule has 10 nitrogen and oxygen atoms in total. The van der Waals surface area contributed by atoms with Crippen molar-refractivity contribution in [1.29, 1.82) is 0 Å². The molecule has 2 aliphatic rings. The summed E-state index contributed by atoms with van der Waals surface area (Å²) in [5.41, 5.74) is -0.438. The molecule has 38 heavy (non-hydrogen) atoms. The molecule has 0 radical (unpaired) electrons. The van der Waals surface area contributed by atoms with E-state index in [1.54, 1.807) is 18.2 Å². The molecule has 1 aliphatic carbocycles. The molecule has 200 valence electrons. The first-order valence-corrected chi connectivity index (χ1v) is 12.1. The second-order valence-corrected chi connectivity index (χ2v) is 9.04. The molecule has 1 aromatic carbocycles. The van der Waals surface area contributed by atoms with Gasteiger partial charge in [-0.1, -0.05) is 0 Å². The fraction of sp³-hybridized carbons (Fsp3) is 0.400. The molecule has 2 aromatic heterocycles.